The molecule has 1 rings (SSSR count). The summed E-state index contributed by atoms with van der Waals surface area (Å²) in [5.41, 5.74) is 1.09. The Bertz CT molecular complexity index is 515. The van der Waals surface area contributed by atoms with Gasteiger partial charge in [0.15, 0.2) is 0 Å². The van der Waals surface area contributed by atoms with Gasteiger partial charge in [-0.2, -0.15) is 0 Å². The zero-order valence-corrected chi connectivity index (χ0v) is 13.2. The van der Waals surface area contributed by atoms with Gasteiger partial charge in [-0.05, 0) is 11.0 Å². The fourth-order valence-electron chi connectivity index (χ4n) is 1.98. The van der Waals surface area contributed by atoms with E-state index >= 15 is 0 Å². The molecule has 2 N–H and O–H groups in total. The maximum atomic E-state index is 12.2. The number of hydrogen-bond acceptors (Lipinski definition) is 2. The predicted octanol–water partition coefficient (Wildman–Crippen LogP) is 2.06. The van der Waals surface area contributed by atoms with Gasteiger partial charge in [0.1, 0.15) is 6.04 Å². The normalized spacial score (nSPS) is 12.4. The van der Waals surface area contributed by atoms with Crippen LogP contribution in [0.3, 0.4) is 0 Å². The van der Waals surface area contributed by atoms with E-state index in [-0.39, 0.29) is 17.2 Å². The Balaban J connectivity index is 2.74. The number of carbonyl (C=O) groups is 2. The molecule has 2 amide bonds. The lowest BCUT2D eigenvalue weighted by atomic mass is 9.86. The van der Waals surface area contributed by atoms with Crippen LogP contribution in [0.4, 0.5) is 0 Å². The Morgan fingerprint density at radius 3 is 2.24 bits per heavy atom. The first-order valence-electron chi connectivity index (χ1n) is 7.00. The summed E-state index contributed by atoms with van der Waals surface area (Å²) < 4.78 is 0. The zero-order chi connectivity index (χ0) is 16.0. The highest BCUT2D eigenvalue weighted by molar-refractivity contribution is 5.97. The fraction of sp³-hybridized carbons (Fsp3) is 0.412. The van der Waals surface area contributed by atoms with Gasteiger partial charge in [-0.1, -0.05) is 57.7 Å². The molecule has 0 aromatic heterocycles. The van der Waals surface area contributed by atoms with Crippen molar-refractivity contribution < 1.29 is 9.59 Å². The second-order valence-electron chi connectivity index (χ2n) is 6.15. The molecule has 0 aliphatic rings. The molecule has 0 heterocycles. The van der Waals surface area contributed by atoms with Crippen LogP contribution < -0.4 is 10.6 Å². The first-order valence-corrected chi connectivity index (χ1v) is 7.00. The Kier molecular flexibility index (Phi) is 5.70. The van der Waals surface area contributed by atoms with Crippen LogP contribution in [-0.2, 0) is 16.0 Å². The minimum absolute atomic E-state index is 0.205. The SMILES string of the molecule is C=C(Cc1ccccc1)C(=O)N[C@H](C(=O)NC)C(C)(C)C. The van der Waals surface area contributed by atoms with Crippen LogP contribution in [0, 0.1) is 5.41 Å². The van der Waals surface area contributed by atoms with Crippen molar-refractivity contribution in [2.75, 3.05) is 7.05 Å². The first-order chi connectivity index (χ1) is 9.75. The number of likely N-dealkylation sites (N-methyl/N-ethyl adjacent to an activating group) is 1. The summed E-state index contributed by atoms with van der Waals surface area (Å²) in [5.74, 6) is -0.495. The summed E-state index contributed by atoms with van der Waals surface area (Å²) in [6.45, 7) is 9.56. The third kappa shape index (κ3) is 5.06. The molecule has 0 radical (unpaired) electrons. The van der Waals surface area contributed by atoms with E-state index in [1.807, 2.05) is 51.1 Å². The maximum absolute atomic E-state index is 12.2. The highest BCUT2D eigenvalue weighted by atomic mass is 16.2. The van der Waals surface area contributed by atoms with E-state index in [9.17, 15) is 9.59 Å². The molecule has 1 aromatic rings. The minimum atomic E-state index is -0.595. The Morgan fingerprint density at radius 1 is 1.19 bits per heavy atom. The molecular formula is C17H24N2O2. The van der Waals surface area contributed by atoms with Crippen LogP contribution in [0.1, 0.15) is 26.3 Å². The molecule has 1 atom stereocenters. The van der Waals surface area contributed by atoms with Crippen LogP contribution in [0.2, 0.25) is 0 Å². The van der Waals surface area contributed by atoms with Crippen LogP contribution in [0.5, 0.6) is 0 Å². The topological polar surface area (TPSA) is 58.2 Å². The monoisotopic (exact) mass is 288 g/mol. The molecular weight excluding hydrogens is 264 g/mol. The van der Waals surface area contributed by atoms with E-state index in [0.29, 0.717) is 12.0 Å². The average molecular weight is 288 g/mol. The number of benzene rings is 1. The summed E-state index contributed by atoms with van der Waals surface area (Å²) in [6.07, 6.45) is 0.470. The average Bonchev–Trinajstić information content (AvgIpc) is 2.43. The van der Waals surface area contributed by atoms with Crippen molar-refractivity contribution in [3.05, 3.63) is 48.0 Å². The lowest BCUT2D eigenvalue weighted by Gasteiger charge is -2.30. The molecule has 0 spiro atoms. The molecule has 0 fully saturated rings. The van der Waals surface area contributed by atoms with Crippen molar-refractivity contribution in [1.82, 2.24) is 10.6 Å². The molecule has 0 saturated carbocycles. The lowest BCUT2D eigenvalue weighted by Crippen LogP contribution is -2.53. The molecule has 21 heavy (non-hydrogen) atoms. The van der Waals surface area contributed by atoms with E-state index in [1.54, 1.807) is 7.05 Å². The fourth-order valence-corrected chi connectivity index (χ4v) is 1.98. The van der Waals surface area contributed by atoms with Crippen LogP contribution in [0.25, 0.3) is 0 Å². The summed E-state index contributed by atoms with van der Waals surface area (Å²) in [7, 11) is 1.56. The number of rotatable bonds is 5. The van der Waals surface area contributed by atoms with Gasteiger partial charge in [0.2, 0.25) is 11.8 Å². The van der Waals surface area contributed by atoms with E-state index < -0.39 is 6.04 Å². The van der Waals surface area contributed by atoms with Crippen LogP contribution in [-0.4, -0.2) is 24.9 Å². The molecule has 0 aliphatic heterocycles. The van der Waals surface area contributed by atoms with Crippen molar-refractivity contribution >= 4 is 11.8 Å². The van der Waals surface area contributed by atoms with Crippen molar-refractivity contribution in [3.8, 4) is 0 Å². The summed E-state index contributed by atoms with van der Waals surface area (Å²) in [5, 5.41) is 5.36. The first kappa shape index (κ1) is 17.0. The maximum Gasteiger partial charge on any atom is 0.247 e. The minimum Gasteiger partial charge on any atom is -0.357 e. The van der Waals surface area contributed by atoms with E-state index in [0.717, 1.165) is 5.56 Å². The second-order valence-corrected chi connectivity index (χ2v) is 6.15. The van der Waals surface area contributed by atoms with Gasteiger partial charge in [-0.15, -0.1) is 0 Å². The third-order valence-electron chi connectivity index (χ3n) is 3.23. The number of carbonyl (C=O) groups excluding carboxylic acids is 2. The molecule has 0 saturated heterocycles. The molecule has 1 aromatic carbocycles. The van der Waals surface area contributed by atoms with Crippen molar-refractivity contribution in [1.29, 1.82) is 0 Å². The van der Waals surface area contributed by atoms with Gasteiger partial charge in [0.25, 0.3) is 0 Å². The number of amides is 2. The Labute approximate surface area is 126 Å². The van der Waals surface area contributed by atoms with Gasteiger partial charge in [-0.25, -0.2) is 0 Å². The molecule has 0 bridgehead atoms. The van der Waals surface area contributed by atoms with E-state index in [4.69, 9.17) is 0 Å². The Hall–Kier alpha value is -2.10. The third-order valence-corrected chi connectivity index (χ3v) is 3.23. The van der Waals surface area contributed by atoms with Gasteiger partial charge in [0.05, 0.1) is 0 Å². The standard InChI is InChI=1S/C17H24N2O2/c1-12(11-13-9-7-6-8-10-13)15(20)19-14(16(21)18-5)17(2,3)4/h6-10,14H,1,11H2,2-5H3,(H,18,21)(H,19,20)/t14-/m1/s1. The van der Waals surface area contributed by atoms with Crippen LogP contribution in [0.15, 0.2) is 42.5 Å². The highest BCUT2D eigenvalue weighted by Gasteiger charge is 2.32. The van der Waals surface area contributed by atoms with E-state index in [1.165, 1.54) is 0 Å². The lowest BCUT2D eigenvalue weighted by molar-refractivity contribution is -0.129. The van der Waals surface area contributed by atoms with Gasteiger partial charge < -0.3 is 10.6 Å². The largest absolute Gasteiger partial charge is 0.357 e. The molecule has 4 nitrogen and oxygen atoms in total. The Morgan fingerprint density at radius 2 is 1.76 bits per heavy atom. The summed E-state index contributed by atoms with van der Waals surface area (Å²) >= 11 is 0. The van der Waals surface area contributed by atoms with Gasteiger partial charge in [-0.3, -0.25) is 9.59 Å². The highest BCUT2D eigenvalue weighted by Crippen LogP contribution is 2.20. The van der Waals surface area contributed by atoms with E-state index in [2.05, 4.69) is 17.2 Å². The number of hydrogen-bond donors (Lipinski definition) is 2. The molecule has 114 valence electrons. The molecule has 0 aliphatic carbocycles. The summed E-state index contributed by atoms with van der Waals surface area (Å²) in [4.78, 5) is 24.2. The smallest absolute Gasteiger partial charge is 0.247 e. The van der Waals surface area contributed by atoms with Crippen molar-refractivity contribution in [2.45, 2.75) is 33.2 Å². The van der Waals surface area contributed by atoms with Crippen molar-refractivity contribution in [3.63, 3.8) is 0 Å². The predicted molar refractivity (Wildman–Crippen MR) is 84.7 cm³/mol. The zero-order valence-electron chi connectivity index (χ0n) is 13.2. The second kappa shape index (κ2) is 7.07. The molecule has 4 heteroatoms. The summed E-state index contributed by atoms with van der Waals surface area (Å²) in [6, 6.07) is 9.05. The molecule has 0 unspecified atom stereocenters. The van der Waals surface area contributed by atoms with Crippen molar-refractivity contribution in [2.24, 2.45) is 5.41 Å². The van der Waals surface area contributed by atoms with Gasteiger partial charge in [0, 0.05) is 19.0 Å². The quantitative estimate of drug-likeness (QED) is 0.815. The number of nitrogens with one attached hydrogen (secondary N) is 2. The van der Waals surface area contributed by atoms with Crippen LogP contribution >= 0.6 is 0 Å². The van der Waals surface area contributed by atoms with Gasteiger partial charge >= 0.3 is 0 Å².